The lowest BCUT2D eigenvalue weighted by molar-refractivity contribution is 0.219. The minimum absolute atomic E-state index is 0.653. The molecule has 0 aliphatic carbocycles. The van der Waals surface area contributed by atoms with Crippen LogP contribution in [-0.4, -0.2) is 5.11 Å². The first-order valence-electron chi connectivity index (χ1n) is 4.64. The molecule has 2 aromatic rings. The van der Waals surface area contributed by atoms with Crippen LogP contribution in [0.15, 0.2) is 41.2 Å². The molecule has 3 heteroatoms. The van der Waals surface area contributed by atoms with E-state index in [1.165, 1.54) is 6.26 Å². The number of hydrogen-bond donors (Lipinski definition) is 1. The van der Waals surface area contributed by atoms with Crippen molar-refractivity contribution in [3.05, 3.63) is 58.5 Å². The average Bonchev–Trinajstić information content (AvgIpc) is 2.74. The summed E-state index contributed by atoms with van der Waals surface area (Å²) >= 11 is 5.91. The number of halogens is 1. The van der Waals surface area contributed by atoms with Gasteiger partial charge in [0.25, 0.3) is 0 Å². The van der Waals surface area contributed by atoms with Crippen LogP contribution in [0.5, 0.6) is 0 Å². The maximum Gasteiger partial charge on any atom is 0.107 e. The Morgan fingerprint density at radius 3 is 2.67 bits per heavy atom. The van der Waals surface area contributed by atoms with E-state index in [0.717, 1.165) is 16.7 Å². The number of aliphatic hydroxyl groups excluding tert-OH is 1. The molecule has 0 bridgehead atoms. The molecule has 15 heavy (non-hydrogen) atoms. The van der Waals surface area contributed by atoms with Crippen molar-refractivity contribution >= 4 is 11.6 Å². The summed E-state index contributed by atoms with van der Waals surface area (Å²) in [5, 5.41) is 10.7. The van der Waals surface area contributed by atoms with Crippen LogP contribution in [0.1, 0.15) is 22.8 Å². The summed E-state index contributed by atoms with van der Waals surface area (Å²) in [6.45, 7) is 1.91. The predicted molar refractivity (Wildman–Crippen MR) is 59.0 cm³/mol. The highest BCUT2D eigenvalue weighted by atomic mass is 35.5. The van der Waals surface area contributed by atoms with Gasteiger partial charge < -0.3 is 9.52 Å². The Bertz CT molecular complexity index is 449. The fourth-order valence-electron chi connectivity index (χ4n) is 1.46. The van der Waals surface area contributed by atoms with E-state index in [1.807, 2.05) is 19.1 Å². The van der Waals surface area contributed by atoms with E-state index in [4.69, 9.17) is 16.0 Å². The lowest BCUT2D eigenvalue weighted by Gasteiger charge is -2.10. The van der Waals surface area contributed by atoms with E-state index in [-0.39, 0.29) is 0 Å². The van der Waals surface area contributed by atoms with Gasteiger partial charge in [-0.3, -0.25) is 0 Å². The van der Waals surface area contributed by atoms with Crippen molar-refractivity contribution in [1.82, 2.24) is 0 Å². The number of aliphatic hydroxyl groups is 1. The van der Waals surface area contributed by atoms with Crippen LogP contribution in [0.2, 0.25) is 5.02 Å². The Hall–Kier alpha value is -1.25. The quantitative estimate of drug-likeness (QED) is 0.846. The Morgan fingerprint density at radius 2 is 2.07 bits per heavy atom. The topological polar surface area (TPSA) is 33.4 Å². The summed E-state index contributed by atoms with van der Waals surface area (Å²) in [6, 6.07) is 7.22. The maximum absolute atomic E-state index is 9.99. The molecule has 0 aliphatic heterocycles. The van der Waals surface area contributed by atoms with Crippen LogP contribution in [0.3, 0.4) is 0 Å². The van der Waals surface area contributed by atoms with Gasteiger partial charge >= 0.3 is 0 Å². The van der Waals surface area contributed by atoms with Crippen LogP contribution < -0.4 is 0 Å². The van der Waals surface area contributed by atoms with Gasteiger partial charge in [0.05, 0.1) is 12.5 Å². The first kappa shape index (κ1) is 10.3. The summed E-state index contributed by atoms with van der Waals surface area (Å²) in [4.78, 5) is 0. The smallest absolute Gasteiger partial charge is 0.107 e. The second-order valence-corrected chi connectivity index (χ2v) is 3.88. The van der Waals surface area contributed by atoms with Crippen molar-refractivity contribution in [2.45, 2.75) is 13.0 Å². The van der Waals surface area contributed by atoms with E-state index >= 15 is 0 Å². The highest BCUT2D eigenvalue weighted by Crippen LogP contribution is 2.25. The van der Waals surface area contributed by atoms with E-state index < -0.39 is 6.10 Å². The second-order valence-electron chi connectivity index (χ2n) is 3.47. The van der Waals surface area contributed by atoms with E-state index in [9.17, 15) is 5.11 Å². The molecule has 2 rings (SSSR count). The molecule has 0 saturated heterocycles. The van der Waals surface area contributed by atoms with Crippen molar-refractivity contribution in [3.8, 4) is 0 Å². The molecule has 1 heterocycles. The molecule has 0 unspecified atom stereocenters. The largest absolute Gasteiger partial charge is 0.472 e. The van der Waals surface area contributed by atoms with Gasteiger partial charge in [-0.25, -0.2) is 0 Å². The van der Waals surface area contributed by atoms with Crippen LogP contribution in [-0.2, 0) is 0 Å². The minimum Gasteiger partial charge on any atom is -0.472 e. The summed E-state index contributed by atoms with van der Waals surface area (Å²) in [5.74, 6) is 0. The molecule has 1 aromatic heterocycles. The molecule has 0 amide bonds. The van der Waals surface area contributed by atoms with Gasteiger partial charge in [0.15, 0.2) is 0 Å². The monoisotopic (exact) mass is 222 g/mol. The Kier molecular flexibility index (Phi) is 2.80. The molecular weight excluding hydrogens is 212 g/mol. The fraction of sp³-hybridized carbons (Fsp3) is 0.167. The number of furan rings is 1. The zero-order valence-corrected chi connectivity index (χ0v) is 9.03. The molecule has 0 saturated carbocycles. The molecule has 0 aliphatic rings. The standard InChI is InChI=1S/C12H11ClO2/c1-8-6-9(2-3-11(8)13)12(14)10-4-5-15-7-10/h2-7,12,14H,1H3/t12-/m1/s1. The number of hydrogen-bond acceptors (Lipinski definition) is 2. The van der Waals surface area contributed by atoms with Crippen molar-refractivity contribution in [3.63, 3.8) is 0 Å². The van der Waals surface area contributed by atoms with Gasteiger partial charge in [-0.2, -0.15) is 0 Å². The third kappa shape index (κ3) is 2.06. The second kappa shape index (κ2) is 4.09. The molecule has 78 valence electrons. The zero-order valence-electron chi connectivity index (χ0n) is 8.27. The van der Waals surface area contributed by atoms with Gasteiger partial charge in [0.2, 0.25) is 0 Å². The summed E-state index contributed by atoms with van der Waals surface area (Å²) in [7, 11) is 0. The van der Waals surface area contributed by atoms with Gasteiger partial charge in [0, 0.05) is 10.6 Å². The summed E-state index contributed by atoms with van der Waals surface area (Å²) < 4.78 is 4.93. The lowest BCUT2D eigenvalue weighted by Crippen LogP contribution is -1.98. The SMILES string of the molecule is Cc1cc([C@@H](O)c2ccoc2)ccc1Cl. The number of aryl methyl sites for hydroxylation is 1. The Labute approximate surface area is 93.1 Å². The van der Waals surface area contributed by atoms with E-state index in [1.54, 1.807) is 18.4 Å². The van der Waals surface area contributed by atoms with Crippen molar-refractivity contribution in [2.24, 2.45) is 0 Å². The van der Waals surface area contributed by atoms with Crippen molar-refractivity contribution < 1.29 is 9.52 Å². The third-order valence-corrected chi connectivity index (χ3v) is 2.78. The highest BCUT2D eigenvalue weighted by Gasteiger charge is 2.12. The molecular formula is C12H11ClO2. The van der Waals surface area contributed by atoms with Gasteiger partial charge in [0.1, 0.15) is 6.10 Å². The van der Waals surface area contributed by atoms with Crippen LogP contribution in [0, 0.1) is 6.92 Å². The molecule has 2 nitrogen and oxygen atoms in total. The molecule has 0 spiro atoms. The first-order chi connectivity index (χ1) is 7.18. The summed E-state index contributed by atoms with van der Waals surface area (Å²) in [6.07, 6.45) is 2.43. The van der Waals surface area contributed by atoms with E-state index in [2.05, 4.69) is 0 Å². The van der Waals surface area contributed by atoms with Crippen molar-refractivity contribution in [1.29, 1.82) is 0 Å². The molecule has 1 atom stereocenters. The average molecular weight is 223 g/mol. The van der Waals surface area contributed by atoms with Gasteiger partial charge in [-0.05, 0) is 30.2 Å². The van der Waals surface area contributed by atoms with Gasteiger partial charge in [-0.15, -0.1) is 0 Å². The highest BCUT2D eigenvalue weighted by molar-refractivity contribution is 6.31. The number of benzene rings is 1. The predicted octanol–water partition coefficient (Wildman–Crippen LogP) is 3.32. The van der Waals surface area contributed by atoms with E-state index in [0.29, 0.717) is 5.02 Å². The maximum atomic E-state index is 9.99. The Morgan fingerprint density at radius 1 is 1.27 bits per heavy atom. The summed E-state index contributed by atoms with van der Waals surface area (Å²) in [5.41, 5.74) is 2.52. The molecule has 1 aromatic carbocycles. The third-order valence-electron chi connectivity index (χ3n) is 2.36. The van der Waals surface area contributed by atoms with Gasteiger partial charge in [-0.1, -0.05) is 23.7 Å². The molecule has 0 radical (unpaired) electrons. The van der Waals surface area contributed by atoms with Crippen LogP contribution >= 0.6 is 11.6 Å². The number of rotatable bonds is 2. The van der Waals surface area contributed by atoms with Crippen LogP contribution in [0.25, 0.3) is 0 Å². The van der Waals surface area contributed by atoms with Crippen LogP contribution in [0.4, 0.5) is 0 Å². The molecule has 1 N–H and O–H groups in total. The fourth-order valence-corrected chi connectivity index (χ4v) is 1.58. The minimum atomic E-state index is -0.653. The zero-order chi connectivity index (χ0) is 10.8. The first-order valence-corrected chi connectivity index (χ1v) is 5.02. The molecule has 0 fully saturated rings. The lowest BCUT2D eigenvalue weighted by atomic mass is 10.0. The Balaban J connectivity index is 2.34. The normalized spacial score (nSPS) is 12.7. The van der Waals surface area contributed by atoms with Crippen molar-refractivity contribution in [2.75, 3.05) is 0 Å².